The SMILES string of the molecule is COc1ccc(C(C)Nc2ccc([N+](=O)[O-])cc2C(=O)O)cc1OC. The molecule has 2 rings (SSSR count). The Hall–Kier alpha value is -3.29. The Morgan fingerprint density at radius 2 is 1.84 bits per heavy atom. The van der Waals surface area contributed by atoms with Gasteiger partial charge in [0, 0.05) is 23.9 Å². The molecule has 0 heterocycles. The van der Waals surface area contributed by atoms with E-state index in [1.807, 2.05) is 13.0 Å². The minimum Gasteiger partial charge on any atom is -0.493 e. The molecule has 0 spiro atoms. The molecular weight excluding hydrogens is 328 g/mol. The Balaban J connectivity index is 2.32. The van der Waals surface area contributed by atoms with E-state index in [0.29, 0.717) is 17.2 Å². The van der Waals surface area contributed by atoms with Crippen LogP contribution in [0.3, 0.4) is 0 Å². The topological polar surface area (TPSA) is 111 Å². The fourth-order valence-corrected chi connectivity index (χ4v) is 2.39. The van der Waals surface area contributed by atoms with Crippen molar-refractivity contribution in [3.05, 3.63) is 57.6 Å². The minimum absolute atomic E-state index is 0.165. The Morgan fingerprint density at radius 1 is 1.16 bits per heavy atom. The van der Waals surface area contributed by atoms with Gasteiger partial charge >= 0.3 is 5.97 Å². The van der Waals surface area contributed by atoms with E-state index in [4.69, 9.17) is 9.47 Å². The number of benzene rings is 2. The van der Waals surface area contributed by atoms with Crippen LogP contribution in [0.5, 0.6) is 11.5 Å². The van der Waals surface area contributed by atoms with Crippen molar-refractivity contribution in [2.75, 3.05) is 19.5 Å². The molecule has 25 heavy (non-hydrogen) atoms. The van der Waals surface area contributed by atoms with Crippen LogP contribution in [-0.4, -0.2) is 30.2 Å². The lowest BCUT2D eigenvalue weighted by atomic mass is 10.1. The van der Waals surface area contributed by atoms with Crippen molar-refractivity contribution in [3.8, 4) is 11.5 Å². The first-order chi connectivity index (χ1) is 11.9. The zero-order chi connectivity index (χ0) is 18.6. The van der Waals surface area contributed by atoms with E-state index < -0.39 is 10.9 Å². The monoisotopic (exact) mass is 346 g/mol. The van der Waals surface area contributed by atoms with Crippen LogP contribution in [0.2, 0.25) is 0 Å². The third-order valence-electron chi connectivity index (χ3n) is 3.72. The van der Waals surface area contributed by atoms with E-state index in [9.17, 15) is 20.0 Å². The molecule has 0 saturated heterocycles. The van der Waals surface area contributed by atoms with Gasteiger partial charge in [-0.05, 0) is 30.7 Å². The van der Waals surface area contributed by atoms with Crippen LogP contribution in [0.15, 0.2) is 36.4 Å². The summed E-state index contributed by atoms with van der Waals surface area (Å²) >= 11 is 0. The van der Waals surface area contributed by atoms with E-state index in [-0.39, 0.29) is 17.3 Å². The summed E-state index contributed by atoms with van der Waals surface area (Å²) in [5.74, 6) is -0.110. The van der Waals surface area contributed by atoms with Crippen molar-refractivity contribution in [3.63, 3.8) is 0 Å². The first kappa shape index (κ1) is 18.1. The fourth-order valence-electron chi connectivity index (χ4n) is 2.39. The van der Waals surface area contributed by atoms with Crippen molar-refractivity contribution < 1.29 is 24.3 Å². The molecule has 0 radical (unpaired) electrons. The van der Waals surface area contributed by atoms with E-state index in [1.54, 1.807) is 12.1 Å². The number of nitrogens with zero attached hydrogens (tertiary/aromatic N) is 1. The second-order valence-corrected chi connectivity index (χ2v) is 5.27. The number of nitro benzene ring substituents is 1. The van der Waals surface area contributed by atoms with Crippen LogP contribution >= 0.6 is 0 Å². The van der Waals surface area contributed by atoms with E-state index in [2.05, 4.69) is 5.32 Å². The third-order valence-corrected chi connectivity index (χ3v) is 3.72. The number of aromatic carboxylic acids is 1. The number of anilines is 1. The number of rotatable bonds is 7. The molecule has 132 valence electrons. The minimum atomic E-state index is -1.24. The van der Waals surface area contributed by atoms with Gasteiger partial charge in [-0.25, -0.2) is 4.79 Å². The van der Waals surface area contributed by atoms with Crippen LogP contribution < -0.4 is 14.8 Å². The quantitative estimate of drug-likeness (QED) is 0.583. The molecule has 8 nitrogen and oxygen atoms in total. The molecule has 2 aromatic rings. The normalized spacial score (nSPS) is 11.5. The van der Waals surface area contributed by atoms with Crippen molar-refractivity contribution in [2.45, 2.75) is 13.0 Å². The molecule has 0 saturated carbocycles. The predicted molar refractivity (Wildman–Crippen MR) is 91.6 cm³/mol. The standard InChI is InChI=1S/C17H18N2O6/c1-10(11-4-7-15(24-2)16(8-11)25-3)18-14-6-5-12(19(22)23)9-13(14)17(20)21/h4-10,18H,1-3H3,(H,20,21). The maximum absolute atomic E-state index is 11.4. The number of nitro groups is 1. The molecule has 0 aliphatic rings. The van der Waals surface area contributed by atoms with Crippen molar-refractivity contribution in [1.29, 1.82) is 0 Å². The number of carboxylic acid groups (broad SMARTS) is 1. The van der Waals surface area contributed by atoms with E-state index in [1.165, 1.54) is 26.4 Å². The number of non-ortho nitro benzene ring substituents is 1. The summed E-state index contributed by atoms with van der Waals surface area (Å²) in [7, 11) is 3.06. The van der Waals surface area contributed by atoms with Gasteiger partial charge in [0.05, 0.1) is 24.7 Å². The van der Waals surface area contributed by atoms with Gasteiger partial charge < -0.3 is 19.9 Å². The largest absolute Gasteiger partial charge is 0.493 e. The predicted octanol–water partition coefficient (Wildman–Crippen LogP) is 3.48. The van der Waals surface area contributed by atoms with Crippen LogP contribution in [-0.2, 0) is 0 Å². The smallest absolute Gasteiger partial charge is 0.338 e. The zero-order valence-electron chi connectivity index (χ0n) is 14.0. The lowest BCUT2D eigenvalue weighted by Gasteiger charge is -2.18. The van der Waals surface area contributed by atoms with Crippen LogP contribution in [0.4, 0.5) is 11.4 Å². The van der Waals surface area contributed by atoms with Crippen LogP contribution in [0.1, 0.15) is 28.9 Å². The summed E-state index contributed by atoms with van der Waals surface area (Å²) in [6.45, 7) is 1.84. The highest BCUT2D eigenvalue weighted by Crippen LogP contribution is 2.32. The number of methoxy groups -OCH3 is 2. The van der Waals surface area contributed by atoms with Gasteiger partial charge in [0.25, 0.3) is 5.69 Å². The van der Waals surface area contributed by atoms with E-state index >= 15 is 0 Å². The molecule has 0 aromatic heterocycles. The van der Waals surface area contributed by atoms with Crippen LogP contribution in [0.25, 0.3) is 0 Å². The molecule has 0 aliphatic heterocycles. The molecule has 8 heteroatoms. The molecule has 1 atom stereocenters. The molecule has 2 N–H and O–H groups in total. The van der Waals surface area contributed by atoms with Gasteiger partial charge in [-0.1, -0.05) is 6.07 Å². The number of hydrogen-bond donors (Lipinski definition) is 2. The molecule has 1 unspecified atom stereocenters. The number of ether oxygens (including phenoxy) is 2. The summed E-state index contributed by atoms with van der Waals surface area (Å²) in [6, 6.07) is 8.77. The molecule has 0 amide bonds. The second kappa shape index (κ2) is 7.52. The van der Waals surface area contributed by atoms with E-state index in [0.717, 1.165) is 11.6 Å². The molecule has 0 fully saturated rings. The lowest BCUT2D eigenvalue weighted by molar-refractivity contribution is -0.384. The number of carbonyl (C=O) groups is 1. The first-order valence-electron chi connectivity index (χ1n) is 7.37. The molecule has 0 aliphatic carbocycles. The number of nitrogens with one attached hydrogen (secondary N) is 1. The summed E-state index contributed by atoms with van der Waals surface area (Å²) in [5, 5.41) is 23.2. The number of carboxylic acids is 1. The van der Waals surface area contributed by atoms with Gasteiger partial charge in [-0.3, -0.25) is 10.1 Å². The summed E-state index contributed by atoms with van der Waals surface area (Å²) < 4.78 is 10.4. The average Bonchev–Trinajstić information content (AvgIpc) is 2.60. The maximum Gasteiger partial charge on any atom is 0.338 e. The zero-order valence-corrected chi connectivity index (χ0v) is 14.0. The van der Waals surface area contributed by atoms with Gasteiger partial charge in [0.2, 0.25) is 0 Å². The Kier molecular flexibility index (Phi) is 5.43. The van der Waals surface area contributed by atoms with Gasteiger partial charge in [-0.15, -0.1) is 0 Å². The highest BCUT2D eigenvalue weighted by Gasteiger charge is 2.18. The van der Waals surface area contributed by atoms with Gasteiger partial charge in [0.1, 0.15) is 0 Å². The Bertz CT molecular complexity index is 806. The summed E-state index contributed by atoms with van der Waals surface area (Å²) in [5.41, 5.74) is 0.691. The molecular formula is C17H18N2O6. The van der Waals surface area contributed by atoms with Crippen LogP contribution in [0, 0.1) is 10.1 Å². The van der Waals surface area contributed by atoms with Gasteiger partial charge in [0.15, 0.2) is 11.5 Å². The maximum atomic E-state index is 11.4. The van der Waals surface area contributed by atoms with Crippen molar-refractivity contribution in [1.82, 2.24) is 0 Å². The highest BCUT2D eigenvalue weighted by molar-refractivity contribution is 5.95. The van der Waals surface area contributed by atoms with Crippen molar-refractivity contribution in [2.24, 2.45) is 0 Å². The second-order valence-electron chi connectivity index (χ2n) is 5.27. The average molecular weight is 346 g/mol. The summed E-state index contributed by atoms with van der Waals surface area (Å²) in [4.78, 5) is 21.6. The van der Waals surface area contributed by atoms with Crippen molar-refractivity contribution >= 4 is 17.3 Å². The fraction of sp³-hybridized carbons (Fsp3) is 0.235. The molecule has 2 aromatic carbocycles. The third kappa shape index (κ3) is 3.97. The lowest BCUT2D eigenvalue weighted by Crippen LogP contribution is -2.11. The highest BCUT2D eigenvalue weighted by atomic mass is 16.6. The number of hydrogen-bond acceptors (Lipinski definition) is 6. The van der Waals surface area contributed by atoms with Gasteiger partial charge in [-0.2, -0.15) is 0 Å². The molecule has 0 bridgehead atoms. The Labute approximate surface area is 144 Å². The first-order valence-corrected chi connectivity index (χ1v) is 7.37. The Morgan fingerprint density at radius 3 is 2.40 bits per heavy atom. The summed E-state index contributed by atoms with van der Waals surface area (Å²) in [6.07, 6.45) is 0.